The predicted octanol–water partition coefficient (Wildman–Crippen LogP) is 3.93. The molecule has 0 radical (unpaired) electrons. The fraction of sp³-hybridized carbons (Fsp3) is 0.478. The average molecular weight is 429 g/mol. The number of piperidine rings is 1. The van der Waals surface area contributed by atoms with Crippen molar-refractivity contribution >= 4 is 23.2 Å². The van der Waals surface area contributed by atoms with Crippen LogP contribution in [0.25, 0.3) is 0 Å². The number of carbonyl (C=O) groups is 2. The van der Waals surface area contributed by atoms with Gasteiger partial charge in [0.15, 0.2) is 11.5 Å². The van der Waals surface area contributed by atoms with E-state index in [1.807, 2.05) is 28.5 Å². The Balaban J connectivity index is 1.85. The Morgan fingerprint density at radius 2 is 1.80 bits per heavy atom. The topological polar surface area (TPSA) is 59.1 Å². The van der Waals surface area contributed by atoms with Gasteiger partial charge in [-0.2, -0.15) is 0 Å². The van der Waals surface area contributed by atoms with Gasteiger partial charge in [0.2, 0.25) is 5.91 Å². The van der Waals surface area contributed by atoms with Crippen LogP contribution in [-0.4, -0.2) is 56.0 Å². The Labute approximate surface area is 181 Å². The third-order valence-electron chi connectivity index (χ3n) is 6.37. The number of nitrogens with zero attached hydrogens (tertiary/aromatic N) is 2. The summed E-state index contributed by atoms with van der Waals surface area (Å²) < 4.78 is 10.9. The number of fused-ring (bicyclic) bond motifs is 1. The molecule has 2 aliphatic rings. The molecule has 1 aromatic heterocycles. The van der Waals surface area contributed by atoms with Crippen molar-refractivity contribution in [1.82, 2.24) is 9.80 Å². The number of likely N-dealkylation sites (N-methyl/N-ethyl adjacent to an activating group) is 1. The molecule has 2 atom stereocenters. The van der Waals surface area contributed by atoms with E-state index in [-0.39, 0.29) is 17.9 Å². The van der Waals surface area contributed by atoms with Gasteiger partial charge >= 0.3 is 0 Å². The molecule has 7 heteroatoms. The molecule has 1 fully saturated rings. The standard InChI is InChI=1S/C23H28N2O4S/c1-14-7-9-25(10-8-14)23(27)20-15-12-17(28-3)18(29-4)13-16(15)22(26)24(2)21(20)19-6-5-11-30-19/h5-6,11-14,20-21H,7-10H2,1-4H3. The molecule has 2 unspecified atom stereocenters. The number of hydrogen-bond donors (Lipinski definition) is 0. The van der Waals surface area contributed by atoms with E-state index in [1.165, 1.54) is 0 Å². The molecule has 1 saturated heterocycles. The molecule has 0 saturated carbocycles. The molecular weight excluding hydrogens is 400 g/mol. The molecule has 0 bridgehead atoms. The van der Waals surface area contributed by atoms with E-state index < -0.39 is 5.92 Å². The third kappa shape index (κ3) is 3.45. The minimum atomic E-state index is -0.477. The largest absolute Gasteiger partial charge is 0.493 e. The zero-order valence-corrected chi connectivity index (χ0v) is 18.7. The monoisotopic (exact) mass is 428 g/mol. The summed E-state index contributed by atoms with van der Waals surface area (Å²) in [6, 6.07) is 7.15. The van der Waals surface area contributed by atoms with Crippen molar-refractivity contribution in [2.24, 2.45) is 5.92 Å². The molecule has 2 aromatic rings. The van der Waals surface area contributed by atoms with Crippen LogP contribution < -0.4 is 9.47 Å². The van der Waals surface area contributed by atoms with Crippen molar-refractivity contribution in [2.45, 2.75) is 31.7 Å². The first-order valence-corrected chi connectivity index (χ1v) is 11.2. The maximum absolute atomic E-state index is 13.9. The molecule has 30 heavy (non-hydrogen) atoms. The summed E-state index contributed by atoms with van der Waals surface area (Å²) in [4.78, 5) is 31.8. The molecule has 0 N–H and O–H groups in total. The van der Waals surface area contributed by atoms with Crippen LogP contribution in [0.4, 0.5) is 0 Å². The summed E-state index contributed by atoms with van der Waals surface area (Å²) >= 11 is 1.58. The average Bonchev–Trinajstić information content (AvgIpc) is 3.29. The van der Waals surface area contributed by atoms with Gasteiger partial charge in [0.05, 0.1) is 26.2 Å². The Morgan fingerprint density at radius 3 is 2.40 bits per heavy atom. The predicted molar refractivity (Wildman–Crippen MR) is 116 cm³/mol. The Bertz CT molecular complexity index is 935. The van der Waals surface area contributed by atoms with Crippen LogP contribution in [-0.2, 0) is 4.79 Å². The van der Waals surface area contributed by atoms with Gasteiger partial charge in [-0.05, 0) is 47.9 Å². The number of thiophene rings is 1. The first-order chi connectivity index (χ1) is 14.5. The Morgan fingerprint density at radius 1 is 1.13 bits per heavy atom. The van der Waals surface area contributed by atoms with Crippen LogP contribution in [0.1, 0.15) is 52.5 Å². The second kappa shape index (κ2) is 8.30. The highest BCUT2D eigenvalue weighted by atomic mass is 32.1. The highest BCUT2D eigenvalue weighted by Gasteiger charge is 2.45. The smallest absolute Gasteiger partial charge is 0.254 e. The lowest BCUT2D eigenvalue weighted by molar-refractivity contribution is -0.135. The lowest BCUT2D eigenvalue weighted by Crippen LogP contribution is -2.48. The van der Waals surface area contributed by atoms with Gasteiger partial charge in [-0.3, -0.25) is 9.59 Å². The normalized spacial score (nSPS) is 22.1. The number of amides is 2. The van der Waals surface area contributed by atoms with E-state index in [2.05, 4.69) is 6.92 Å². The summed E-state index contributed by atoms with van der Waals surface area (Å²) in [5.41, 5.74) is 1.23. The van der Waals surface area contributed by atoms with Gasteiger partial charge in [0.25, 0.3) is 5.91 Å². The zero-order valence-electron chi connectivity index (χ0n) is 17.9. The Hall–Kier alpha value is -2.54. The first kappa shape index (κ1) is 20.7. The summed E-state index contributed by atoms with van der Waals surface area (Å²) in [6.07, 6.45) is 2.02. The Kier molecular flexibility index (Phi) is 5.73. The number of benzene rings is 1. The summed E-state index contributed by atoms with van der Waals surface area (Å²) in [7, 11) is 4.90. The maximum atomic E-state index is 13.9. The van der Waals surface area contributed by atoms with Crippen molar-refractivity contribution in [2.75, 3.05) is 34.4 Å². The third-order valence-corrected chi connectivity index (χ3v) is 7.31. The van der Waals surface area contributed by atoms with Gasteiger partial charge in [0.1, 0.15) is 0 Å². The van der Waals surface area contributed by atoms with Crippen molar-refractivity contribution in [1.29, 1.82) is 0 Å². The van der Waals surface area contributed by atoms with Crippen LogP contribution >= 0.6 is 11.3 Å². The van der Waals surface area contributed by atoms with Crippen molar-refractivity contribution in [3.63, 3.8) is 0 Å². The zero-order chi connectivity index (χ0) is 21.4. The molecular formula is C23H28N2O4S. The minimum Gasteiger partial charge on any atom is -0.493 e. The SMILES string of the molecule is COc1cc2c(cc1OC)C(C(=O)N1CCC(C)CC1)C(c1cccs1)N(C)C2=O. The number of hydrogen-bond acceptors (Lipinski definition) is 5. The van der Waals surface area contributed by atoms with E-state index in [0.717, 1.165) is 36.4 Å². The van der Waals surface area contributed by atoms with Gasteiger partial charge in [-0.15, -0.1) is 11.3 Å². The molecule has 160 valence electrons. The van der Waals surface area contributed by atoms with Crippen molar-refractivity contribution < 1.29 is 19.1 Å². The van der Waals surface area contributed by atoms with Crippen molar-refractivity contribution in [3.8, 4) is 11.5 Å². The minimum absolute atomic E-state index is 0.0770. The second-order valence-electron chi connectivity index (χ2n) is 8.16. The summed E-state index contributed by atoms with van der Waals surface area (Å²) in [5.74, 6) is 1.15. The van der Waals surface area contributed by atoms with Crippen LogP contribution in [0, 0.1) is 5.92 Å². The lowest BCUT2D eigenvalue weighted by Gasteiger charge is -2.42. The quantitative estimate of drug-likeness (QED) is 0.740. The lowest BCUT2D eigenvalue weighted by atomic mass is 9.80. The van der Waals surface area contributed by atoms with Gasteiger partial charge in [-0.25, -0.2) is 0 Å². The first-order valence-electron chi connectivity index (χ1n) is 10.3. The van der Waals surface area contributed by atoms with Gasteiger partial charge in [0, 0.05) is 30.6 Å². The van der Waals surface area contributed by atoms with Gasteiger partial charge < -0.3 is 19.3 Å². The number of likely N-dealkylation sites (tertiary alicyclic amines) is 1. The summed E-state index contributed by atoms with van der Waals surface area (Å²) in [5, 5.41) is 1.99. The molecule has 4 rings (SSSR count). The van der Waals surface area contributed by atoms with E-state index in [9.17, 15) is 9.59 Å². The molecule has 1 aromatic carbocycles. The number of rotatable bonds is 4. The van der Waals surface area contributed by atoms with Gasteiger partial charge in [-0.1, -0.05) is 13.0 Å². The van der Waals surface area contributed by atoms with Crippen LogP contribution in [0.2, 0.25) is 0 Å². The number of methoxy groups -OCH3 is 2. The van der Waals surface area contributed by atoms with E-state index in [0.29, 0.717) is 23.0 Å². The van der Waals surface area contributed by atoms with Crippen LogP contribution in [0.3, 0.4) is 0 Å². The molecule has 2 amide bonds. The molecule has 2 aliphatic heterocycles. The molecule has 3 heterocycles. The van der Waals surface area contributed by atoms with Crippen molar-refractivity contribution in [3.05, 3.63) is 45.6 Å². The summed E-state index contributed by atoms with van der Waals surface area (Å²) in [6.45, 7) is 3.75. The fourth-order valence-electron chi connectivity index (χ4n) is 4.56. The van der Waals surface area contributed by atoms with E-state index >= 15 is 0 Å². The van der Waals surface area contributed by atoms with Crippen LogP contribution in [0.5, 0.6) is 11.5 Å². The maximum Gasteiger partial charge on any atom is 0.254 e. The highest BCUT2D eigenvalue weighted by molar-refractivity contribution is 7.10. The second-order valence-corrected chi connectivity index (χ2v) is 9.14. The highest BCUT2D eigenvalue weighted by Crippen LogP contribution is 2.47. The molecule has 0 aliphatic carbocycles. The van der Waals surface area contributed by atoms with Crippen LogP contribution in [0.15, 0.2) is 29.6 Å². The van der Waals surface area contributed by atoms with E-state index in [1.54, 1.807) is 43.6 Å². The number of carbonyl (C=O) groups excluding carboxylic acids is 2. The van der Waals surface area contributed by atoms with E-state index in [4.69, 9.17) is 9.47 Å². The fourth-order valence-corrected chi connectivity index (χ4v) is 5.46. The molecule has 6 nitrogen and oxygen atoms in total. The number of ether oxygens (including phenoxy) is 2. The molecule has 0 spiro atoms.